The van der Waals surface area contributed by atoms with E-state index in [1.54, 1.807) is 0 Å². The number of nitrogens with one attached hydrogen (secondary N) is 1. The molecule has 0 unspecified atom stereocenters. The molecule has 0 fully saturated rings. The van der Waals surface area contributed by atoms with Gasteiger partial charge in [-0.15, -0.1) is 0 Å². The summed E-state index contributed by atoms with van der Waals surface area (Å²) in [7, 11) is 0. The minimum Gasteiger partial charge on any atom is -0.508 e. The molecule has 0 radical (unpaired) electrons. The van der Waals surface area contributed by atoms with Crippen LogP contribution in [0.3, 0.4) is 0 Å². The Labute approximate surface area is 70.8 Å². The van der Waals surface area contributed by atoms with Gasteiger partial charge in [-0.25, -0.2) is 4.39 Å². The van der Waals surface area contributed by atoms with Crippen molar-refractivity contribution in [3.63, 3.8) is 0 Å². The highest BCUT2D eigenvalue weighted by molar-refractivity contribution is 5.48. The smallest absolute Gasteiger partial charge is 0.482 e. The quantitative estimate of drug-likeness (QED) is 0.532. The average Bonchev–Trinajstić information content (AvgIpc) is 1.78. The lowest BCUT2D eigenvalue weighted by atomic mass is 10.3. The van der Waals surface area contributed by atoms with Crippen LogP contribution in [0.4, 0.5) is 23.2 Å². The van der Waals surface area contributed by atoms with Gasteiger partial charge in [0, 0.05) is 17.8 Å². The van der Waals surface area contributed by atoms with Crippen LogP contribution in [-0.4, -0.2) is 11.4 Å². The molecule has 13 heavy (non-hydrogen) atoms. The van der Waals surface area contributed by atoms with Gasteiger partial charge in [-0.3, -0.25) is 5.32 Å². The Kier molecular flexibility index (Phi) is 2.31. The number of phenols is 1. The molecule has 1 rings (SSSR count). The first kappa shape index (κ1) is 9.63. The van der Waals surface area contributed by atoms with Crippen LogP contribution >= 0.6 is 0 Å². The summed E-state index contributed by atoms with van der Waals surface area (Å²) >= 11 is 0. The SMILES string of the molecule is Oc1cc(F)cc(NC(F)(F)F)c1. The van der Waals surface area contributed by atoms with Gasteiger partial charge in [0.25, 0.3) is 0 Å². The summed E-state index contributed by atoms with van der Waals surface area (Å²) in [6, 6.07) is 2.12. The second-order valence-electron chi connectivity index (χ2n) is 2.32. The largest absolute Gasteiger partial charge is 0.508 e. The van der Waals surface area contributed by atoms with Gasteiger partial charge in [0.1, 0.15) is 11.6 Å². The van der Waals surface area contributed by atoms with E-state index < -0.39 is 23.6 Å². The fourth-order valence-electron chi connectivity index (χ4n) is 0.810. The van der Waals surface area contributed by atoms with Gasteiger partial charge in [0.05, 0.1) is 0 Å². The van der Waals surface area contributed by atoms with E-state index in [9.17, 15) is 17.6 Å². The Bertz CT molecular complexity index is 290. The minimum absolute atomic E-state index is 0.537. The lowest BCUT2D eigenvalue weighted by Gasteiger charge is -2.09. The average molecular weight is 195 g/mol. The Hall–Kier alpha value is -1.46. The van der Waals surface area contributed by atoms with Gasteiger partial charge < -0.3 is 5.11 Å². The lowest BCUT2D eigenvalue weighted by Crippen LogP contribution is -2.20. The van der Waals surface area contributed by atoms with E-state index in [4.69, 9.17) is 5.11 Å². The molecule has 72 valence electrons. The van der Waals surface area contributed by atoms with Crippen LogP contribution < -0.4 is 5.32 Å². The highest BCUT2D eigenvalue weighted by atomic mass is 19.4. The highest BCUT2D eigenvalue weighted by Crippen LogP contribution is 2.24. The summed E-state index contributed by atoms with van der Waals surface area (Å²) < 4.78 is 47.5. The van der Waals surface area contributed by atoms with Gasteiger partial charge >= 0.3 is 6.30 Å². The van der Waals surface area contributed by atoms with E-state index in [1.165, 1.54) is 0 Å². The highest BCUT2D eigenvalue weighted by Gasteiger charge is 2.27. The van der Waals surface area contributed by atoms with E-state index in [0.29, 0.717) is 12.1 Å². The van der Waals surface area contributed by atoms with Crippen molar-refractivity contribution in [2.24, 2.45) is 0 Å². The molecule has 0 aliphatic heterocycles. The van der Waals surface area contributed by atoms with E-state index in [1.807, 2.05) is 0 Å². The lowest BCUT2D eigenvalue weighted by molar-refractivity contribution is -0.0999. The molecule has 0 aromatic heterocycles. The van der Waals surface area contributed by atoms with Gasteiger partial charge in [0.15, 0.2) is 0 Å². The zero-order chi connectivity index (χ0) is 10.1. The molecule has 0 heterocycles. The third-order valence-electron chi connectivity index (χ3n) is 1.17. The molecule has 2 nitrogen and oxygen atoms in total. The first-order valence-corrected chi connectivity index (χ1v) is 3.21. The molecule has 1 aromatic carbocycles. The molecule has 0 aliphatic rings. The first-order valence-electron chi connectivity index (χ1n) is 3.21. The zero-order valence-corrected chi connectivity index (χ0v) is 6.19. The van der Waals surface area contributed by atoms with Crippen LogP contribution in [0.1, 0.15) is 0 Å². The Morgan fingerprint density at radius 3 is 2.23 bits per heavy atom. The molecule has 0 amide bonds. The maximum absolute atomic E-state index is 12.4. The normalized spacial score (nSPS) is 11.4. The van der Waals surface area contributed by atoms with Crippen molar-refractivity contribution >= 4 is 5.69 Å². The molecule has 0 atom stereocenters. The van der Waals surface area contributed by atoms with Gasteiger partial charge in [-0.2, -0.15) is 13.2 Å². The van der Waals surface area contributed by atoms with Crippen LogP contribution in [0.2, 0.25) is 0 Å². The molecule has 1 aromatic rings. The number of phenolic OH excluding ortho intramolecular Hbond substituents is 1. The van der Waals surface area contributed by atoms with Crippen molar-refractivity contribution < 1.29 is 22.7 Å². The van der Waals surface area contributed by atoms with Gasteiger partial charge in [0.2, 0.25) is 0 Å². The summed E-state index contributed by atoms with van der Waals surface area (Å²) in [6.45, 7) is 0. The van der Waals surface area contributed by atoms with E-state index in [0.717, 1.165) is 11.4 Å². The molecule has 0 spiro atoms. The molecule has 0 saturated heterocycles. The number of alkyl halides is 3. The van der Waals surface area contributed by atoms with Crippen molar-refractivity contribution in [3.8, 4) is 5.75 Å². The molecular formula is C7H5F4NO. The van der Waals surface area contributed by atoms with Crippen LogP contribution in [0.5, 0.6) is 5.75 Å². The summed E-state index contributed by atoms with van der Waals surface area (Å²) in [4.78, 5) is 0. The summed E-state index contributed by atoms with van der Waals surface area (Å²) in [5, 5.41) is 9.81. The van der Waals surface area contributed by atoms with E-state index in [2.05, 4.69) is 0 Å². The molecule has 0 bridgehead atoms. The van der Waals surface area contributed by atoms with Crippen molar-refractivity contribution in [2.45, 2.75) is 6.30 Å². The molecule has 6 heteroatoms. The summed E-state index contributed by atoms with van der Waals surface area (Å²) in [5.74, 6) is -1.50. The number of anilines is 1. The fourth-order valence-corrected chi connectivity index (χ4v) is 0.810. The first-order chi connectivity index (χ1) is 5.87. The maximum Gasteiger partial charge on any atom is 0.482 e. The van der Waals surface area contributed by atoms with Crippen molar-refractivity contribution in [2.75, 3.05) is 5.32 Å². The monoisotopic (exact) mass is 195 g/mol. The number of hydrogen-bond acceptors (Lipinski definition) is 2. The molecule has 2 N–H and O–H groups in total. The predicted molar refractivity (Wildman–Crippen MR) is 37.7 cm³/mol. The third kappa shape index (κ3) is 3.18. The van der Waals surface area contributed by atoms with Gasteiger partial charge in [-0.1, -0.05) is 0 Å². The number of halogens is 4. The zero-order valence-electron chi connectivity index (χ0n) is 6.19. The van der Waals surface area contributed by atoms with Crippen molar-refractivity contribution in [1.82, 2.24) is 0 Å². The van der Waals surface area contributed by atoms with Gasteiger partial charge in [-0.05, 0) is 6.07 Å². The second kappa shape index (κ2) is 3.12. The standard InChI is InChI=1S/C7H5F4NO/c8-4-1-5(3-6(13)2-4)12-7(9,10)11/h1-3,12-13H. The fraction of sp³-hybridized carbons (Fsp3) is 0.143. The molecular weight excluding hydrogens is 190 g/mol. The van der Waals surface area contributed by atoms with Crippen LogP contribution in [-0.2, 0) is 0 Å². The molecule has 0 saturated carbocycles. The Morgan fingerprint density at radius 1 is 1.15 bits per heavy atom. The Morgan fingerprint density at radius 2 is 1.77 bits per heavy atom. The molecule has 0 aliphatic carbocycles. The van der Waals surface area contributed by atoms with E-state index >= 15 is 0 Å². The minimum atomic E-state index is -4.64. The topological polar surface area (TPSA) is 32.3 Å². The second-order valence-corrected chi connectivity index (χ2v) is 2.32. The summed E-state index contributed by atoms with van der Waals surface area (Å²) in [6.07, 6.45) is -4.64. The number of rotatable bonds is 1. The number of hydrogen-bond donors (Lipinski definition) is 2. The predicted octanol–water partition coefficient (Wildman–Crippen LogP) is 2.46. The number of aromatic hydroxyl groups is 1. The number of benzene rings is 1. The Balaban J connectivity index is 2.90. The van der Waals surface area contributed by atoms with Crippen LogP contribution in [0.25, 0.3) is 0 Å². The van der Waals surface area contributed by atoms with Crippen LogP contribution in [0.15, 0.2) is 18.2 Å². The van der Waals surface area contributed by atoms with Crippen molar-refractivity contribution in [1.29, 1.82) is 0 Å². The van der Waals surface area contributed by atoms with Crippen molar-refractivity contribution in [3.05, 3.63) is 24.0 Å². The van der Waals surface area contributed by atoms with E-state index in [-0.39, 0.29) is 0 Å². The van der Waals surface area contributed by atoms with Crippen LogP contribution in [0, 0.1) is 5.82 Å². The summed E-state index contributed by atoms with van der Waals surface area (Å²) in [5.41, 5.74) is -0.537. The maximum atomic E-state index is 12.4. The third-order valence-corrected chi connectivity index (χ3v) is 1.17.